The lowest BCUT2D eigenvalue weighted by atomic mass is 10.1. The van der Waals surface area contributed by atoms with E-state index in [4.69, 9.17) is 9.52 Å². The van der Waals surface area contributed by atoms with Crippen LogP contribution in [0.3, 0.4) is 0 Å². The van der Waals surface area contributed by atoms with Gasteiger partial charge in [-0.1, -0.05) is 6.07 Å². The molecule has 102 valence electrons. The molecule has 1 aromatic carbocycles. The van der Waals surface area contributed by atoms with Crippen LogP contribution in [0.4, 0.5) is 13.2 Å². The Balaban J connectivity index is 2.18. The number of hydrogen-bond donors (Lipinski definition) is 1. The number of alkyl halides is 3. The molecule has 0 spiro atoms. The molecule has 0 amide bonds. The molecule has 0 saturated heterocycles. The minimum atomic E-state index is -4.46. The van der Waals surface area contributed by atoms with Gasteiger partial charge in [-0.15, -0.1) is 11.8 Å². The zero-order valence-electron chi connectivity index (χ0n) is 9.78. The first kappa shape index (κ1) is 14.0. The quantitative estimate of drug-likeness (QED) is 0.860. The molecule has 6 heteroatoms. The number of rotatable bonds is 4. The van der Waals surface area contributed by atoms with Crippen molar-refractivity contribution in [1.82, 2.24) is 0 Å². The average Bonchev–Trinajstić information content (AvgIpc) is 2.88. The molecule has 1 N–H and O–H groups in total. The number of furan rings is 1. The molecule has 0 saturated carbocycles. The van der Waals surface area contributed by atoms with E-state index in [2.05, 4.69) is 0 Å². The summed E-state index contributed by atoms with van der Waals surface area (Å²) in [5, 5.41) is 8.93. The highest BCUT2D eigenvalue weighted by Gasteiger charge is 2.33. The van der Waals surface area contributed by atoms with Gasteiger partial charge in [-0.2, -0.15) is 13.2 Å². The van der Waals surface area contributed by atoms with E-state index in [-0.39, 0.29) is 5.56 Å². The molecular weight excluding hydrogens is 277 g/mol. The van der Waals surface area contributed by atoms with Gasteiger partial charge in [0.1, 0.15) is 5.76 Å². The number of benzene rings is 1. The maximum atomic E-state index is 12.8. The van der Waals surface area contributed by atoms with Gasteiger partial charge in [-0.25, -0.2) is 0 Å². The molecule has 0 bridgehead atoms. The molecule has 0 aliphatic carbocycles. The molecule has 0 fully saturated rings. The van der Waals surface area contributed by atoms with E-state index >= 15 is 0 Å². The van der Waals surface area contributed by atoms with Crippen molar-refractivity contribution in [3.8, 4) is 0 Å². The summed E-state index contributed by atoms with van der Waals surface area (Å²) in [5.41, 5.74) is -0.908. The fourth-order valence-electron chi connectivity index (χ4n) is 1.60. The molecule has 2 aromatic rings. The summed E-state index contributed by atoms with van der Waals surface area (Å²) >= 11 is 1.25. The Kier molecular flexibility index (Phi) is 4.21. The van der Waals surface area contributed by atoms with E-state index in [9.17, 15) is 13.2 Å². The Labute approximate surface area is 112 Å². The van der Waals surface area contributed by atoms with Crippen LogP contribution in [0.15, 0.2) is 45.9 Å². The van der Waals surface area contributed by atoms with Crippen molar-refractivity contribution in [3.63, 3.8) is 0 Å². The smallest absolute Gasteiger partial charge is 0.416 e. The summed E-state index contributed by atoms with van der Waals surface area (Å²) in [7, 11) is 0. The second-order valence-corrected chi connectivity index (χ2v) is 4.89. The monoisotopic (exact) mass is 288 g/mol. The highest BCUT2D eigenvalue weighted by molar-refractivity contribution is 7.98. The van der Waals surface area contributed by atoms with Gasteiger partial charge in [0, 0.05) is 4.90 Å². The van der Waals surface area contributed by atoms with Crippen molar-refractivity contribution in [2.75, 3.05) is 0 Å². The van der Waals surface area contributed by atoms with Crippen LogP contribution in [-0.2, 0) is 18.5 Å². The van der Waals surface area contributed by atoms with Crippen molar-refractivity contribution in [2.45, 2.75) is 23.4 Å². The predicted octanol–water partition coefficient (Wildman–Crippen LogP) is 4.08. The third kappa shape index (κ3) is 3.54. The highest BCUT2D eigenvalue weighted by atomic mass is 32.2. The van der Waals surface area contributed by atoms with Gasteiger partial charge in [-0.3, -0.25) is 0 Å². The van der Waals surface area contributed by atoms with Crippen LogP contribution in [0.1, 0.15) is 16.9 Å². The summed E-state index contributed by atoms with van der Waals surface area (Å²) < 4.78 is 43.5. The van der Waals surface area contributed by atoms with Crippen LogP contribution < -0.4 is 0 Å². The Bertz CT molecular complexity index is 535. The summed E-state index contributed by atoms with van der Waals surface area (Å²) in [6.45, 7) is -0.627. The molecule has 0 aliphatic rings. The first-order chi connectivity index (χ1) is 9.00. The van der Waals surface area contributed by atoms with E-state index in [1.54, 1.807) is 18.2 Å². The van der Waals surface area contributed by atoms with Crippen LogP contribution in [0.2, 0.25) is 0 Å². The molecule has 0 radical (unpaired) electrons. The third-order valence-electron chi connectivity index (χ3n) is 2.52. The Morgan fingerprint density at radius 1 is 1.21 bits per heavy atom. The summed E-state index contributed by atoms with van der Waals surface area (Å²) in [6, 6.07) is 7.41. The van der Waals surface area contributed by atoms with Crippen LogP contribution in [0.25, 0.3) is 0 Å². The lowest BCUT2D eigenvalue weighted by molar-refractivity contribution is -0.138. The molecule has 1 aromatic heterocycles. The van der Waals surface area contributed by atoms with Gasteiger partial charge in [0.25, 0.3) is 0 Å². The van der Waals surface area contributed by atoms with Gasteiger partial charge in [-0.05, 0) is 29.8 Å². The summed E-state index contributed by atoms with van der Waals surface area (Å²) in [5.74, 6) is 1.16. The first-order valence-electron chi connectivity index (χ1n) is 5.47. The molecule has 2 nitrogen and oxygen atoms in total. The van der Waals surface area contributed by atoms with E-state index in [1.807, 2.05) is 0 Å². The fraction of sp³-hybridized carbons (Fsp3) is 0.231. The van der Waals surface area contributed by atoms with E-state index < -0.39 is 18.3 Å². The predicted molar refractivity (Wildman–Crippen MR) is 65.6 cm³/mol. The zero-order valence-corrected chi connectivity index (χ0v) is 10.6. The minimum absolute atomic E-state index is 0.116. The average molecular weight is 288 g/mol. The van der Waals surface area contributed by atoms with Crippen LogP contribution >= 0.6 is 11.8 Å². The third-order valence-corrected chi connectivity index (χ3v) is 3.53. The van der Waals surface area contributed by atoms with Gasteiger partial charge in [0.05, 0.1) is 24.2 Å². The van der Waals surface area contributed by atoms with Crippen molar-refractivity contribution >= 4 is 11.8 Å². The Hall–Kier alpha value is -1.40. The molecule has 0 unspecified atom stereocenters. The van der Waals surface area contributed by atoms with Gasteiger partial charge in [0.15, 0.2) is 0 Å². The number of aliphatic hydroxyl groups excluding tert-OH is 1. The van der Waals surface area contributed by atoms with E-state index in [0.717, 1.165) is 6.07 Å². The Morgan fingerprint density at radius 2 is 2.00 bits per heavy atom. The lowest BCUT2D eigenvalue weighted by Gasteiger charge is -2.12. The molecule has 2 rings (SSSR count). The number of aliphatic hydroxyl groups is 1. The van der Waals surface area contributed by atoms with Crippen molar-refractivity contribution < 1.29 is 22.7 Å². The lowest BCUT2D eigenvalue weighted by Crippen LogP contribution is -2.09. The van der Waals surface area contributed by atoms with Crippen LogP contribution in [0, 0.1) is 0 Å². The molecule has 19 heavy (non-hydrogen) atoms. The van der Waals surface area contributed by atoms with Crippen molar-refractivity contribution in [2.24, 2.45) is 0 Å². The molecular formula is C13H11F3O2S. The Morgan fingerprint density at radius 3 is 2.58 bits per heavy atom. The van der Waals surface area contributed by atoms with Gasteiger partial charge in [0.2, 0.25) is 0 Å². The SMILES string of the molecule is OCc1ccc(SCc2ccco2)cc1C(F)(F)F. The van der Waals surface area contributed by atoms with E-state index in [0.29, 0.717) is 16.4 Å². The number of thioether (sulfide) groups is 1. The van der Waals surface area contributed by atoms with Crippen LogP contribution in [-0.4, -0.2) is 5.11 Å². The zero-order chi connectivity index (χ0) is 13.9. The highest BCUT2D eigenvalue weighted by Crippen LogP contribution is 2.35. The normalized spacial score (nSPS) is 11.8. The molecule has 1 heterocycles. The maximum Gasteiger partial charge on any atom is 0.416 e. The summed E-state index contributed by atoms with van der Waals surface area (Å²) in [6.07, 6.45) is -2.94. The second kappa shape index (κ2) is 5.71. The molecule has 0 aliphatic heterocycles. The van der Waals surface area contributed by atoms with E-state index in [1.165, 1.54) is 24.1 Å². The molecule has 0 atom stereocenters. The topological polar surface area (TPSA) is 33.4 Å². The fourth-order valence-corrected chi connectivity index (χ4v) is 2.43. The largest absolute Gasteiger partial charge is 0.468 e. The first-order valence-corrected chi connectivity index (χ1v) is 6.45. The second-order valence-electron chi connectivity index (χ2n) is 3.84. The van der Waals surface area contributed by atoms with Crippen LogP contribution in [0.5, 0.6) is 0 Å². The van der Waals surface area contributed by atoms with Gasteiger partial charge >= 0.3 is 6.18 Å². The summed E-state index contributed by atoms with van der Waals surface area (Å²) in [4.78, 5) is 0.487. The minimum Gasteiger partial charge on any atom is -0.468 e. The standard InChI is InChI=1S/C13H11F3O2S/c14-13(15,16)12-6-11(4-3-9(12)7-17)19-8-10-2-1-5-18-10/h1-6,17H,7-8H2. The number of halogens is 3. The maximum absolute atomic E-state index is 12.8. The van der Waals surface area contributed by atoms with Gasteiger partial charge < -0.3 is 9.52 Å². The van der Waals surface area contributed by atoms with Crippen molar-refractivity contribution in [3.05, 3.63) is 53.5 Å². The number of hydrogen-bond acceptors (Lipinski definition) is 3. The van der Waals surface area contributed by atoms with Crippen molar-refractivity contribution in [1.29, 1.82) is 0 Å².